The molecule has 2 aromatic rings. The summed E-state index contributed by atoms with van der Waals surface area (Å²) < 4.78 is 27.7. The van der Waals surface area contributed by atoms with Crippen LogP contribution in [0.15, 0.2) is 53.4 Å². The van der Waals surface area contributed by atoms with E-state index in [0.29, 0.717) is 31.1 Å². The lowest BCUT2D eigenvalue weighted by atomic mass is 10.1. The van der Waals surface area contributed by atoms with Gasteiger partial charge in [0, 0.05) is 31.9 Å². The van der Waals surface area contributed by atoms with E-state index in [0.717, 1.165) is 30.5 Å². The smallest absolute Gasteiger partial charge is 0.243 e. The van der Waals surface area contributed by atoms with Gasteiger partial charge in [-0.15, -0.1) is 0 Å². The second-order valence-corrected chi connectivity index (χ2v) is 9.69. The van der Waals surface area contributed by atoms with Gasteiger partial charge in [0.05, 0.1) is 10.9 Å². The molecule has 1 atom stereocenters. The van der Waals surface area contributed by atoms with Crippen LogP contribution in [0.2, 0.25) is 0 Å². The van der Waals surface area contributed by atoms with Crippen molar-refractivity contribution in [3.63, 3.8) is 0 Å². The molecule has 2 aromatic carbocycles. The molecule has 1 heterocycles. The topological polar surface area (TPSA) is 69.7 Å². The Morgan fingerprint density at radius 3 is 2.38 bits per heavy atom. The van der Waals surface area contributed by atoms with Crippen molar-refractivity contribution in [3.05, 3.63) is 59.7 Å². The molecule has 0 spiro atoms. The number of carbonyl (C=O) groups is 1. The summed E-state index contributed by atoms with van der Waals surface area (Å²) >= 11 is 0. The van der Waals surface area contributed by atoms with Gasteiger partial charge in [-0.25, -0.2) is 8.42 Å². The third-order valence-corrected chi connectivity index (χ3v) is 7.84. The number of aryl methyl sites for hydroxylation is 2. The number of carbonyl (C=O) groups excluding carboxylic acids is 1. The maximum atomic E-state index is 13.1. The molecule has 0 saturated carbocycles. The number of benzene rings is 2. The van der Waals surface area contributed by atoms with E-state index in [4.69, 9.17) is 0 Å². The second-order valence-electron chi connectivity index (χ2n) is 7.76. The molecule has 4 rings (SSSR count). The predicted octanol–water partition coefficient (Wildman–Crippen LogP) is 2.51. The van der Waals surface area contributed by atoms with Crippen molar-refractivity contribution in [2.24, 2.45) is 0 Å². The molecule has 0 aromatic heterocycles. The molecule has 29 heavy (non-hydrogen) atoms. The number of fused-ring (bicyclic) bond motifs is 1. The average molecular weight is 414 g/mol. The van der Waals surface area contributed by atoms with Gasteiger partial charge in [0.1, 0.15) is 0 Å². The molecule has 1 N–H and O–H groups in total. The first-order chi connectivity index (χ1) is 13.9. The summed E-state index contributed by atoms with van der Waals surface area (Å²) in [4.78, 5) is 15.0. The van der Waals surface area contributed by atoms with E-state index in [2.05, 4.69) is 5.32 Å². The fourth-order valence-corrected chi connectivity index (χ4v) is 5.60. The first-order valence-electron chi connectivity index (χ1n) is 10.2. The maximum absolute atomic E-state index is 13.1. The van der Waals surface area contributed by atoms with Crippen LogP contribution in [0.25, 0.3) is 0 Å². The highest BCUT2D eigenvalue weighted by molar-refractivity contribution is 7.89. The summed E-state index contributed by atoms with van der Waals surface area (Å²) in [5.74, 6) is -0.0777. The number of hydrogen-bond donors (Lipinski definition) is 1. The zero-order chi connectivity index (χ0) is 20.4. The molecule has 2 aliphatic rings. The molecule has 1 saturated heterocycles. The predicted molar refractivity (Wildman–Crippen MR) is 113 cm³/mol. The van der Waals surface area contributed by atoms with Gasteiger partial charge in [-0.1, -0.05) is 24.3 Å². The van der Waals surface area contributed by atoms with Crippen molar-refractivity contribution < 1.29 is 13.2 Å². The summed E-state index contributed by atoms with van der Waals surface area (Å²) in [7, 11) is -3.50. The Bertz CT molecular complexity index is 984. The minimum atomic E-state index is -3.50. The van der Waals surface area contributed by atoms with Crippen LogP contribution in [-0.4, -0.2) is 55.8 Å². The van der Waals surface area contributed by atoms with E-state index in [1.807, 2.05) is 54.3 Å². The second kappa shape index (κ2) is 8.26. The summed E-state index contributed by atoms with van der Waals surface area (Å²) in [5, 5.41) is 2.92. The lowest BCUT2D eigenvalue weighted by molar-refractivity contribution is -0.121. The van der Waals surface area contributed by atoms with Gasteiger partial charge < -0.3 is 5.32 Å². The quantitative estimate of drug-likeness (QED) is 0.818. The minimum absolute atomic E-state index is 0.0777. The van der Waals surface area contributed by atoms with Crippen molar-refractivity contribution in [2.45, 2.75) is 37.1 Å². The standard InChI is InChI=1S/C22H27N3O3S/c1-17(22(26)23-20-8-3-2-4-9-20)24-12-14-25(15-13-24)29(27,28)21-11-10-18-6-5-7-19(18)16-21/h2-4,8-11,16-17H,5-7,12-15H2,1H3,(H,23,26)/t17-/m1/s1. The summed E-state index contributed by atoms with van der Waals surface area (Å²) in [6.07, 6.45) is 3.10. The van der Waals surface area contributed by atoms with Crippen LogP contribution in [0.3, 0.4) is 0 Å². The summed E-state index contributed by atoms with van der Waals surface area (Å²) in [6.45, 7) is 3.72. The first kappa shape index (κ1) is 20.1. The van der Waals surface area contributed by atoms with E-state index in [1.54, 1.807) is 10.4 Å². The Labute approximate surface area is 172 Å². The molecular formula is C22H27N3O3S. The molecular weight excluding hydrogens is 386 g/mol. The van der Waals surface area contributed by atoms with Gasteiger partial charge >= 0.3 is 0 Å². The normalized spacial score (nSPS) is 18.9. The highest BCUT2D eigenvalue weighted by Crippen LogP contribution is 2.27. The van der Waals surface area contributed by atoms with E-state index < -0.39 is 10.0 Å². The molecule has 1 aliphatic carbocycles. The Balaban J connectivity index is 1.38. The fraction of sp³-hybridized carbons (Fsp3) is 0.409. The van der Waals surface area contributed by atoms with Crippen LogP contribution in [0.1, 0.15) is 24.5 Å². The molecule has 6 nitrogen and oxygen atoms in total. The lowest BCUT2D eigenvalue weighted by Gasteiger charge is -2.36. The van der Waals surface area contributed by atoms with E-state index in [9.17, 15) is 13.2 Å². The number of nitrogens with zero attached hydrogens (tertiary/aromatic N) is 2. The van der Waals surface area contributed by atoms with Crippen LogP contribution < -0.4 is 5.32 Å². The molecule has 7 heteroatoms. The van der Waals surface area contributed by atoms with E-state index >= 15 is 0 Å². The van der Waals surface area contributed by atoms with Gasteiger partial charge in [-0.05, 0) is 61.6 Å². The molecule has 154 valence electrons. The van der Waals surface area contributed by atoms with Crippen LogP contribution in [-0.2, 0) is 27.7 Å². The molecule has 1 fully saturated rings. The van der Waals surface area contributed by atoms with Gasteiger partial charge in [0.2, 0.25) is 15.9 Å². The fourth-order valence-electron chi connectivity index (χ4n) is 4.12. The molecule has 1 aliphatic heterocycles. The van der Waals surface area contributed by atoms with E-state index in [-0.39, 0.29) is 11.9 Å². The lowest BCUT2D eigenvalue weighted by Crippen LogP contribution is -2.53. The largest absolute Gasteiger partial charge is 0.325 e. The number of para-hydroxylation sites is 1. The number of anilines is 1. The van der Waals surface area contributed by atoms with Gasteiger partial charge in [-0.2, -0.15) is 4.31 Å². The van der Waals surface area contributed by atoms with Crippen molar-refractivity contribution in [1.82, 2.24) is 9.21 Å². The van der Waals surface area contributed by atoms with Crippen LogP contribution in [0.5, 0.6) is 0 Å². The Morgan fingerprint density at radius 1 is 0.966 bits per heavy atom. The number of piperazine rings is 1. The number of amides is 1. The SMILES string of the molecule is C[C@H](C(=O)Nc1ccccc1)N1CCN(S(=O)(=O)c2ccc3c(c2)CCC3)CC1. The minimum Gasteiger partial charge on any atom is -0.325 e. The third-order valence-electron chi connectivity index (χ3n) is 5.95. The van der Waals surface area contributed by atoms with E-state index in [1.165, 1.54) is 5.56 Å². The average Bonchev–Trinajstić information content (AvgIpc) is 3.22. The van der Waals surface area contributed by atoms with Crippen LogP contribution >= 0.6 is 0 Å². The van der Waals surface area contributed by atoms with Crippen molar-refractivity contribution in [2.75, 3.05) is 31.5 Å². The number of rotatable bonds is 5. The summed E-state index contributed by atoms with van der Waals surface area (Å²) in [5.41, 5.74) is 3.20. The van der Waals surface area contributed by atoms with Crippen molar-refractivity contribution in [1.29, 1.82) is 0 Å². The summed E-state index contributed by atoms with van der Waals surface area (Å²) in [6, 6.07) is 14.6. The Kier molecular flexibility index (Phi) is 5.72. The van der Waals surface area contributed by atoms with Gasteiger partial charge in [0.15, 0.2) is 0 Å². The monoisotopic (exact) mass is 413 g/mol. The number of hydrogen-bond acceptors (Lipinski definition) is 4. The zero-order valence-electron chi connectivity index (χ0n) is 16.7. The van der Waals surface area contributed by atoms with Gasteiger partial charge in [-0.3, -0.25) is 9.69 Å². The third kappa shape index (κ3) is 4.22. The Morgan fingerprint density at radius 2 is 1.66 bits per heavy atom. The Hall–Kier alpha value is -2.22. The van der Waals surface area contributed by atoms with Crippen molar-refractivity contribution >= 4 is 21.6 Å². The number of sulfonamides is 1. The molecule has 0 unspecified atom stereocenters. The number of nitrogens with one attached hydrogen (secondary N) is 1. The zero-order valence-corrected chi connectivity index (χ0v) is 17.5. The molecule has 0 radical (unpaired) electrons. The molecule has 1 amide bonds. The van der Waals surface area contributed by atoms with Crippen LogP contribution in [0.4, 0.5) is 5.69 Å². The highest BCUT2D eigenvalue weighted by atomic mass is 32.2. The van der Waals surface area contributed by atoms with Crippen LogP contribution in [0, 0.1) is 0 Å². The van der Waals surface area contributed by atoms with Gasteiger partial charge in [0.25, 0.3) is 0 Å². The first-order valence-corrected chi connectivity index (χ1v) is 11.6. The van der Waals surface area contributed by atoms with Crippen molar-refractivity contribution in [3.8, 4) is 0 Å². The molecule has 0 bridgehead atoms. The maximum Gasteiger partial charge on any atom is 0.243 e. The highest BCUT2D eigenvalue weighted by Gasteiger charge is 2.32.